The Kier molecular flexibility index (Phi) is 5.62. The minimum atomic E-state index is -4.18. The van der Waals surface area contributed by atoms with Crippen LogP contribution in [0.2, 0.25) is 0 Å². The maximum atomic E-state index is 13.7. The van der Waals surface area contributed by atoms with Crippen molar-refractivity contribution >= 4 is 21.4 Å². The first-order chi connectivity index (χ1) is 15.3. The molecule has 3 aromatic carbocycles. The van der Waals surface area contributed by atoms with Crippen LogP contribution < -0.4 is 18.5 Å². The highest BCUT2D eigenvalue weighted by Crippen LogP contribution is 2.39. The van der Waals surface area contributed by atoms with E-state index in [0.29, 0.717) is 28.5 Å². The molecule has 166 valence electrons. The summed E-state index contributed by atoms with van der Waals surface area (Å²) >= 11 is 0. The summed E-state index contributed by atoms with van der Waals surface area (Å²) in [6.45, 7) is 1.83. The minimum absolute atomic E-state index is 0.0986. The van der Waals surface area contributed by atoms with Crippen LogP contribution in [0.15, 0.2) is 71.6 Å². The fourth-order valence-electron chi connectivity index (χ4n) is 3.48. The number of anilines is 1. The zero-order valence-electron chi connectivity index (χ0n) is 17.3. The molecule has 0 aliphatic carbocycles. The zero-order chi connectivity index (χ0) is 22.9. The summed E-state index contributed by atoms with van der Waals surface area (Å²) < 4.78 is 44.6. The molecule has 3 aromatic rings. The van der Waals surface area contributed by atoms with Gasteiger partial charge < -0.3 is 14.2 Å². The van der Waals surface area contributed by atoms with Crippen molar-refractivity contribution in [1.29, 1.82) is 0 Å². The Morgan fingerprint density at radius 3 is 2.44 bits per heavy atom. The van der Waals surface area contributed by atoms with Crippen molar-refractivity contribution in [3.8, 4) is 17.2 Å². The van der Waals surface area contributed by atoms with Crippen LogP contribution in [-0.4, -0.2) is 27.2 Å². The quantitative estimate of drug-likeness (QED) is 0.385. The van der Waals surface area contributed by atoms with Crippen LogP contribution in [-0.2, 0) is 10.0 Å². The van der Waals surface area contributed by atoms with E-state index < -0.39 is 21.0 Å². The van der Waals surface area contributed by atoms with E-state index in [1.807, 2.05) is 0 Å². The summed E-state index contributed by atoms with van der Waals surface area (Å²) in [7, 11) is -2.66. The Balaban J connectivity index is 1.83. The van der Waals surface area contributed by atoms with Crippen LogP contribution >= 0.6 is 0 Å². The van der Waals surface area contributed by atoms with Gasteiger partial charge in [-0.1, -0.05) is 12.1 Å². The highest BCUT2D eigenvalue weighted by molar-refractivity contribution is 7.92. The molecule has 1 unspecified atom stereocenters. The Morgan fingerprint density at radius 1 is 1.03 bits per heavy atom. The molecule has 1 heterocycles. The summed E-state index contributed by atoms with van der Waals surface area (Å²) in [4.78, 5) is 10.4. The van der Waals surface area contributed by atoms with Gasteiger partial charge in [0.15, 0.2) is 11.5 Å². The van der Waals surface area contributed by atoms with E-state index in [-0.39, 0.29) is 17.4 Å². The van der Waals surface area contributed by atoms with Gasteiger partial charge in [0, 0.05) is 12.1 Å². The molecule has 1 aliphatic heterocycles. The Hall–Kier alpha value is -3.79. The van der Waals surface area contributed by atoms with Crippen LogP contribution in [0.1, 0.15) is 18.5 Å². The molecule has 1 aliphatic rings. The number of non-ortho nitro benzene ring substituents is 1. The molecule has 0 bridgehead atoms. The average molecular weight is 456 g/mol. The number of nitro groups is 1. The summed E-state index contributed by atoms with van der Waals surface area (Å²) in [5.74, 6) is 1.67. The fourth-order valence-corrected chi connectivity index (χ4v) is 5.16. The van der Waals surface area contributed by atoms with E-state index in [4.69, 9.17) is 14.2 Å². The van der Waals surface area contributed by atoms with Gasteiger partial charge in [-0.25, -0.2) is 8.42 Å². The number of methoxy groups -OCH3 is 1. The molecule has 1 atom stereocenters. The number of nitro benzene ring substituents is 1. The monoisotopic (exact) mass is 456 g/mol. The minimum Gasteiger partial charge on any atom is -0.497 e. The molecule has 0 radical (unpaired) electrons. The second-order valence-electron chi connectivity index (χ2n) is 7.04. The van der Waals surface area contributed by atoms with Gasteiger partial charge in [0.05, 0.1) is 28.7 Å². The molecular formula is C22H20N2O7S. The second-order valence-corrected chi connectivity index (χ2v) is 8.86. The SMILES string of the molecule is COc1ccc(N(C(C)c2ccc3c(c2)OCO3)S(=O)(=O)c2cccc([N+](=O)[O-])c2)cc1. The Bertz CT molecular complexity index is 1260. The number of fused-ring (bicyclic) bond motifs is 1. The highest BCUT2D eigenvalue weighted by atomic mass is 32.2. The first kappa shape index (κ1) is 21.4. The highest BCUT2D eigenvalue weighted by Gasteiger charge is 2.32. The van der Waals surface area contributed by atoms with Gasteiger partial charge in [-0.2, -0.15) is 0 Å². The zero-order valence-corrected chi connectivity index (χ0v) is 18.1. The topological polar surface area (TPSA) is 108 Å². The van der Waals surface area contributed by atoms with Crippen LogP contribution in [0, 0.1) is 10.1 Å². The Morgan fingerprint density at radius 2 is 1.75 bits per heavy atom. The number of hydrogen-bond donors (Lipinski definition) is 0. The number of benzene rings is 3. The van der Waals surface area contributed by atoms with Gasteiger partial charge in [-0.3, -0.25) is 14.4 Å². The lowest BCUT2D eigenvalue weighted by molar-refractivity contribution is -0.385. The van der Waals surface area contributed by atoms with Gasteiger partial charge in [0.1, 0.15) is 5.75 Å². The van der Waals surface area contributed by atoms with Gasteiger partial charge >= 0.3 is 0 Å². The molecule has 0 saturated carbocycles. The van der Waals surface area contributed by atoms with Crippen molar-refractivity contribution in [2.75, 3.05) is 18.2 Å². The fraction of sp³-hybridized carbons (Fsp3) is 0.182. The van der Waals surface area contributed by atoms with Gasteiger partial charge in [0.25, 0.3) is 15.7 Å². The molecule has 0 saturated heterocycles. The van der Waals surface area contributed by atoms with E-state index in [2.05, 4.69) is 0 Å². The molecule has 0 spiro atoms. The summed E-state index contributed by atoms with van der Waals surface area (Å²) in [6.07, 6.45) is 0. The van der Waals surface area contributed by atoms with Crippen molar-refractivity contribution in [3.05, 3.63) is 82.4 Å². The number of rotatable bonds is 7. The van der Waals surface area contributed by atoms with Gasteiger partial charge in [-0.15, -0.1) is 0 Å². The van der Waals surface area contributed by atoms with E-state index in [1.54, 1.807) is 49.4 Å². The van der Waals surface area contributed by atoms with Gasteiger partial charge in [0.2, 0.25) is 6.79 Å². The largest absolute Gasteiger partial charge is 0.497 e. The van der Waals surface area contributed by atoms with Crippen LogP contribution in [0.5, 0.6) is 17.2 Å². The number of hydrogen-bond acceptors (Lipinski definition) is 7. The molecule has 0 amide bonds. The maximum absolute atomic E-state index is 13.7. The molecular weight excluding hydrogens is 436 g/mol. The van der Waals surface area contributed by atoms with Crippen molar-refractivity contribution in [2.24, 2.45) is 0 Å². The number of sulfonamides is 1. The Labute approximate surface area is 185 Å². The van der Waals surface area contributed by atoms with E-state index in [1.165, 1.54) is 29.6 Å². The third-order valence-corrected chi connectivity index (χ3v) is 7.04. The van der Waals surface area contributed by atoms with Crippen molar-refractivity contribution in [3.63, 3.8) is 0 Å². The van der Waals surface area contributed by atoms with Gasteiger partial charge in [-0.05, 0) is 55.0 Å². The normalized spacial score (nSPS) is 13.4. The van der Waals surface area contributed by atoms with Crippen molar-refractivity contribution in [1.82, 2.24) is 0 Å². The lowest BCUT2D eigenvalue weighted by atomic mass is 10.1. The van der Waals surface area contributed by atoms with Crippen molar-refractivity contribution in [2.45, 2.75) is 17.9 Å². The average Bonchev–Trinajstić information content (AvgIpc) is 3.27. The molecule has 0 aromatic heterocycles. The number of ether oxygens (including phenoxy) is 3. The van der Waals surface area contributed by atoms with Crippen molar-refractivity contribution < 1.29 is 27.6 Å². The molecule has 4 rings (SSSR count). The first-order valence-electron chi connectivity index (χ1n) is 9.64. The second kappa shape index (κ2) is 8.39. The lowest BCUT2D eigenvalue weighted by Crippen LogP contribution is -2.33. The summed E-state index contributed by atoms with van der Waals surface area (Å²) in [5, 5.41) is 11.2. The molecule has 9 nitrogen and oxygen atoms in total. The third-order valence-electron chi connectivity index (χ3n) is 5.14. The molecule has 10 heteroatoms. The van der Waals surface area contributed by atoms with E-state index in [9.17, 15) is 18.5 Å². The van der Waals surface area contributed by atoms with Crippen LogP contribution in [0.4, 0.5) is 11.4 Å². The smallest absolute Gasteiger partial charge is 0.270 e. The predicted molar refractivity (Wildman–Crippen MR) is 117 cm³/mol. The molecule has 0 fully saturated rings. The maximum Gasteiger partial charge on any atom is 0.270 e. The molecule has 32 heavy (non-hydrogen) atoms. The summed E-state index contributed by atoms with van der Waals surface area (Å²) in [6, 6.07) is 16.1. The van der Waals surface area contributed by atoms with Crippen LogP contribution in [0.25, 0.3) is 0 Å². The molecule has 0 N–H and O–H groups in total. The van der Waals surface area contributed by atoms with Crippen LogP contribution in [0.3, 0.4) is 0 Å². The first-order valence-corrected chi connectivity index (χ1v) is 11.1. The third kappa shape index (κ3) is 3.92. The van der Waals surface area contributed by atoms with E-state index >= 15 is 0 Å². The standard InChI is InChI=1S/C22H20N2O7S/c1-15(16-6-11-21-22(12-16)31-14-30-21)23(17-7-9-19(29-2)10-8-17)32(27,28)20-5-3-4-18(13-20)24(25)26/h3-13,15H,14H2,1-2H3. The summed E-state index contributed by atoms with van der Waals surface area (Å²) in [5.41, 5.74) is 0.734. The van der Waals surface area contributed by atoms with E-state index in [0.717, 1.165) is 6.07 Å². The number of nitrogens with zero attached hydrogens (tertiary/aromatic N) is 2. The lowest BCUT2D eigenvalue weighted by Gasteiger charge is -2.31. The predicted octanol–water partition coefficient (Wildman–Crippen LogP) is 4.29.